The average Bonchev–Trinajstić information content (AvgIpc) is 2.78. The van der Waals surface area contributed by atoms with Crippen LogP contribution < -0.4 is 5.32 Å². The van der Waals surface area contributed by atoms with Gasteiger partial charge in [0.15, 0.2) is 0 Å². The van der Waals surface area contributed by atoms with Crippen LogP contribution in [0.1, 0.15) is 11.3 Å². The summed E-state index contributed by atoms with van der Waals surface area (Å²) in [6, 6.07) is 4.41. The van der Waals surface area contributed by atoms with E-state index in [1.165, 1.54) is 13.2 Å². The molecule has 0 spiro atoms. The number of ether oxygens (including phenoxy) is 1. The first kappa shape index (κ1) is 17.3. The van der Waals surface area contributed by atoms with E-state index in [-0.39, 0.29) is 23.1 Å². The molecule has 9 heteroatoms. The second-order valence-corrected chi connectivity index (χ2v) is 5.14. The predicted molar refractivity (Wildman–Crippen MR) is 78.8 cm³/mol. The van der Waals surface area contributed by atoms with Gasteiger partial charge >= 0.3 is 6.18 Å². The average molecular weight is 348 g/mol. The van der Waals surface area contributed by atoms with Crippen molar-refractivity contribution in [2.24, 2.45) is 0 Å². The Kier molecular flexibility index (Phi) is 4.96. The maximum absolute atomic E-state index is 12.9. The molecule has 0 unspecified atom stereocenters. The third kappa shape index (κ3) is 4.02. The zero-order chi connectivity index (χ0) is 17.2. The highest BCUT2D eigenvalue weighted by Gasteiger charge is 2.31. The molecule has 5 nitrogen and oxygen atoms in total. The maximum Gasteiger partial charge on any atom is 0.416 e. The highest BCUT2D eigenvalue weighted by Crippen LogP contribution is 2.34. The lowest BCUT2D eigenvalue weighted by Gasteiger charge is -2.13. The number of nitrogens with one attached hydrogen (secondary N) is 1. The van der Waals surface area contributed by atoms with E-state index in [4.69, 9.17) is 16.3 Å². The standard InChI is InChI=1S/C14H13ClF3N3O2/c1-8-5-12(19-13(22)7-23-2)21(20-8)11-6-9(14(16,17)18)3-4-10(11)15/h3-6H,7H2,1-2H3,(H,19,22). The minimum Gasteiger partial charge on any atom is -0.375 e. The van der Waals surface area contributed by atoms with Gasteiger partial charge < -0.3 is 10.1 Å². The lowest BCUT2D eigenvalue weighted by molar-refractivity contribution is -0.137. The highest BCUT2D eigenvalue weighted by atomic mass is 35.5. The molecule has 2 rings (SSSR count). The molecule has 0 saturated carbocycles. The molecule has 0 saturated heterocycles. The second kappa shape index (κ2) is 6.59. The molecule has 0 fully saturated rings. The van der Waals surface area contributed by atoms with Crippen molar-refractivity contribution in [1.82, 2.24) is 9.78 Å². The van der Waals surface area contributed by atoms with Crippen LogP contribution in [0.15, 0.2) is 24.3 Å². The van der Waals surface area contributed by atoms with Gasteiger partial charge in [0, 0.05) is 13.2 Å². The van der Waals surface area contributed by atoms with Crippen LogP contribution in [0.2, 0.25) is 5.02 Å². The van der Waals surface area contributed by atoms with E-state index in [2.05, 4.69) is 10.4 Å². The largest absolute Gasteiger partial charge is 0.416 e. The van der Waals surface area contributed by atoms with Gasteiger partial charge in [-0.15, -0.1) is 0 Å². The van der Waals surface area contributed by atoms with Crippen molar-refractivity contribution in [3.05, 3.63) is 40.5 Å². The first-order chi connectivity index (χ1) is 10.7. The third-order valence-electron chi connectivity index (χ3n) is 2.88. The number of anilines is 1. The number of amides is 1. The molecule has 1 amide bonds. The Morgan fingerprint density at radius 1 is 1.39 bits per heavy atom. The van der Waals surface area contributed by atoms with Crippen molar-refractivity contribution >= 4 is 23.3 Å². The molecule has 0 aliphatic heterocycles. The van der Waals surface area contributed by atoms with Crippen LogP contribution in [0.25, 0.3) is 5.69 Å². The number of benzene rings is 1. The van der Waals surface area contributed by atoms with E-state index in [0.717, 1.165) is 22.9 Å². The third-order valence-corrected chi connectivity index (χ3v) is 3.20. The molecule has 1 aromatic heterocycles. The molecular formula is C14H13ClF3N3O2. The number of carbonyl (C=O) groups excluding carboxylic acids is 1. The zero-order valence-corrected chi connectivity index (χ0v) is 13.0. The minimum absolute atomic E-state index is 0.0160. The molecular weight excluding hydrogens is 335 g/mol. The molecule has 0 aliphatic rings. The normalized spacial score (nSPS) is 11.6. The van der Waals surface area contributed by atoms with Gasteiger partial charge in [0.2, 0.25) is 0 Å². The molecule has 0 aliphatic carbocycles. The molecule has 1 aromatic carbocycles. The van der Waals surface area contributed by atoms with Crippen molar-refractivity contribution in [1.29, 1.82) is 0 Å². The van der Waals surface area contributed by atoms with Crippen LogP contribution in [0.5, 0.6) is 0 Å². The number of nitrogens with zero attached hydrogens (tertiary/aromatic N) is 2. The van der Waals surface area contributed by atoms with Crippen LogP contribution in [0.3, 0.4) is 0 Å². The number of aromatic nitrogens is 2. The summed E-state index contributed by atoms with van der Waals surface area (Å²) < 4.78 is 44.5. The Bertz CT molecular complexity index is 729. The maximum atomic E-state index is 12.9. The zero-order valence-electron chi connectivity index (χ0n) is 12.2. The fourth-order valence-electron chi connectivity index (χ4n) is 1.93. The molecule has 0 atom stereocenters. The van der Waals surface area contributed by atoms with Crippen molar-refractivity contribution < 1.29 is 22.7 Å². The van der Waals surface area contributed by atoms with Gasteiger partial charge in [-0.1, -0.05) is 11.6 Å². The summed E-state index contributed by atoms with van der Waals surface area (Å²) in [5.74, 6) is -0.262. The summed E-state index contributed by atoms with van der Waals surface area (Å²) in [5, 5.41) is 6.67. The second-order valence-electron chi connectivity index (χ2n) is 4.73. The van der Waals surface area contributed by atoms with E-state index in [9.17, 15) is 18.0 Å². The van der Waals surface area contributed by atoms with Gasteiger partial charge in [0.1, 0.15) is 12.4 Å². The first-order valence-corrected chi connectivity index (χ1v) is 6.82. The van der Waals surface area contributed by atoms with Gasteiger partial charge in [0.25, 0.3) is 5.91 Å². The van der Waals surface area contributed by atoms with Crippen LogP contribution in [0.4, 0.5) is 19.0 Å². The van der Waals surface area contributed by atoms with Crippen molar-refractivity contribution in [2.45, 2.75) is 13.1 Å². The van der Waals surface area contributed by atoms with Gasteiger partial charge in [-0.3, -0.25) is 4.79 Å². The Morgan fingerprint density at radius 3 is 2.70 bits per heavy atom. The Balaban J connectivity index is 2.48. The molecule has 1 heterocycles. The minimum atomic E-state index is -4.51. The summed E-state index contributed by atoms with van der Waals surface area (Å²) in [4.78, 5) is 11.6. The van der Waals surface area contributed by atoms with Gasteiger partial charge in [-0.2, -0.15) is 18.3 Å². The van der Waals surface area contributed by atoms with Crippen molar-refractivity contribution in [2.75, 3.05) is 19.0 Å². The highest BCUT2D eigenvalue weighted by molar-refractivity contribution is 6.32. The van der Waals surface area contributed by atoms with Gasteiger partial charge in [-0.05, 0) is 25.1 Å². The topological polar surface area (TPSA) is 56.1 Å². The summed E-state index contributed by atoms with van der Waals surface area (Å²) in [6.45, 7) is 1.45. The number of halogens is 4. The van der Waals surface area contributed by atoms with Crippen molar-refractivity contribution in [3.63, 3.8) is 0 Å². The first-order valence-electron chi connectivity index (χ1n) is 6.45. The lowest BCUT2D eigenvalue weighted by atomic mass is 10.2. The monoisotopic (exact) mass is 347 g/mol. The van der Waals surface area contributed by atoms with E-state index in [1.54, 1.807) is 6.92 Å². The van der Waals surface area contributed by atoms with Crippen LogP contribution in [-0.4, -0.2) is 29.4 Å². The fraction of sp³-hybridized carbons (Fsp3) is 0.286. The fourth-order valence-corrected chi connectivity index (χ4v) is 2.13. The van der Waals surface area contributed by atoms with E-state index < -0.39 is 17.6 Å². The Hall–Kier alpha value is -2.06. The van der Waals surface area contributed by atoms with Crippen molar-refractivity contribution in [3.8, 4) is 5.69 Å². The molecule has 2 aromatic rings. The molecule has 0 radical (unpaired) electrons. The SMILES string of the molecule is COCC(=O)Nc1cc(C)nn1-c1cc(C(F)(F)F)ccc1Cl. The quantitative estimate of drug-likeness (QED) is 0.921. The number of rotatable bonds is 4. The lowest BCUT2D eigenvalue weighted by Crippen LogP contribution is -2.19. The summed E-state index contributed by atoms with van der Waals surface area (Å²) in [7, 11) is 1.35. The number of carbonyl (C=O) groups is 1. The van der Waals surface area contributed by atoms with Crippen LogP contribution in [0, 0.1) is 6.92 Å². The Morgan fingerprint density at radius 2 is 2.09 bits per heavy atom. The number of methoxy groups -OCH3 is 1. The van der Waals surface area contributed by atoms with E-state index in [0.29, 0.717) is 5.69 Å². The number of hydrogen-bond donors (Lipinski definition) is 1. The molecule has 124 valence electrons. The summed E-state index contributed by atoms with van der Waals surface area (Å²) in [6.07, 6.45) is -4.51. The number of hydrogen-bond acceptors (Lipinski definition) is 3. The van der Waals surface area contributed by atoms with Crippen LogP contribution in [-0.2, 0) is 15.7 Å². The molecule has 1 N–H and O–H groups in total. The van der Waals surface area contributed by atoms with E-state index in [1.807, 2.05) is 0 Å². The predicted octanol–water partition coefficient (Wildman–Crippen LogP) is 3.44. The van der Waals surface area contributed by atoms with Crippen LogP contribution >= 0.6 is 11.6 Å². The summed E-state index contributed by atoms with van der Waals surface area (Å²) >= 11 is 5.99. The van der Waals surface area contributed by atoms with E-state index >= 15 is 0 Å². The number of alkyl halides is 3. The Labute approximate surface area is 135 Å². The van der Waals surface area contributed by atoms with Gasteiger partial charge in [0.05, 0.1) is 22.0 Å². The summed E-state index contributed by atoms with van der Waals surface area (Å²) in [5.41, 5.74) is -0.340. The van der Waals surface area contributed by atoms with Gasteiger partial charge in [-0.25, -0.2) is 4.68 Å². The number of aryl methyl sites for hydroxylation is 1. The molecule has 23 heavy (non-hydrogen) atoms. The molecule has 0 bridgehead atoms. The smallest absolute Gasteiger partial charge is 0.375 e.